The molecule has 19 heavy (non-hydrogen) atoms. The molecule has 2 heterocycles. The molecule has 0 amide bonds. The number of rotatable bonds is 2. The van der Waals surface area contributed by atoms with Gasteiger partial charge in [0.1, 0.15) is 0 Å². The quantitative estimate of drug-likeness (QED) is 0.901. The van der Waals surface area contributed by atoms with Crippen LogP contribution in [0.1, 0.15) is 49.2 Å². The van der Waals surface area contributed by atoms with Crippen molar-refractivity contribution in [2.24, 2.45) is 5.92 Å². The summed E-state index contributed by atoms with van der Waals surface area (Å²) in [5, 5.41) is 4.91. The summed E-state index contributed by atoms with van der Waals surface area (Å²) in [6.45, 7) is 4.34. The van der Waals surface area contributed by atoms with Crippen LogP contribution in [0.5, 0.6) is 0 Å². The average molecular weight is 277 g/mol. The van der Waals surface area contributed by atoms with Crippen LogP contribution in [0, 0.1) is 12.8 Å². The molecule has 0 atom stereocenters. The molecule has 0 unspecified atom stereocenters. The minimum atomic E-state index is 0.453. The van der Waals surface area contributed by atoms with E-state index in [4.69, 9.17) is 10.3 Å². The highest BCUT2D eigenvalue weighted by Crippen LogP contribution is 2.37. The molecule has 5 heteroatoms. The lowest BCUT2D eigenvalue weighted by Crippen LogP contribution is -2.11. The van der Waals surface area contributed by atoms with Gasteiger partial charge in [0, 0.05) is 10.8 Å². The van der Waals surface area contributed by atoms with Crippen molar-refractivity contribution in [3.63, 3.8) is 0 Å². The molecule has 2 aromatic rings. The minimum absolute atomic E-state index is 0.453. The van der Waals surface area contributed by atoms with Gasteiger partial charge in [-0.3, -0.25) is 0 Å². The molecule has 102 valence electrons. The van der Waals surface area contributed by atoms with Crippen molar-refractivity contribution in [1.82, 2.24) is 10.1 Å². The van der Waals surface area contributed by atoms with Crippen LogP contribution in [0.25, 0.3) is 11.5 Å². The highest BCUT2D eigenvalue weighted by Gasteiger charge is 2.24. The van der Waals surface area contributed by atoms with Crippen molar-refractivity contribution in [3.05, 3.63) is 16.8 Å². The zero-order valence-corrected chi connectivity index (χ0v) is 12.2. The Morgan fingerprint density at radius 1 is 1.32 bits per heavy atom. The number of aryl methyl sites for hydroxylation is 1. The lowest BCUT2D eigenvalue weighted by molar-refractivity contribution is 0.329. The van der Waals surface area contributed by atoms with Gasteiger partial charge in [-0.25, -0.2) is 0 Å². The fourth-order valence-corrected chi connectivity index (χ4v) is 3.51. The Morgan fingerprint density at radius 3 is 2.68 bits per heavy atom. The van der Waals surface area contributed by atoms with Crippen LogP contribution < -0.4 is 5.73 Å². The molecule has 0 aliphatic heterocycles. The number of aromatic nitrogens is 2. The van der Waals surface area contributed by atoms with Crippen LogP contribution in [0.15, 0.2) is 10.6 Å². The topological polar surface area (TPSA) is 64.9 Å². The summed E-state index contributed by atoms with van der Waals surface area (Å²) in [4.78, 5) is 5.72. The van der Waals surface area contributed by atoms with Gasteiger partial charge in [-0.05, 0) is 31.7 Å². The second-order valence-electron chi connectivity index (χ2n) is 5.55. The monoisotopic (exact) mass is 277 g/mol. The van der Waals surface area contributed by atoms with Crippen LogP contribution in [-0.4, -0.2) is 10.1 Å². The van der Waals surface area contributed by atoms with E-state index < -0.39 is 0 Å². The van der Waals surface area contributed by atoms with E-state index in [1.807, 2.05) is 13.0 Å². The van der Waals surface area contributed by atoms with E-state index in [1.165, 1.54) is 17.7 Å². The van der Waals surface area contributed by atoms with Gasteiger partial charge >= 0.3 is 0 Å². The standard InChI is InChI=1S/C14H19N3OS/c1-8-3-5-10(6-4-8)13-16-14(18-17-13)11-7-9(2)19-12(11)15/h7-8,10H,3-6,15H2,1-2H3. The number of nitrogen functional groups attached to an aromatic ring is 1. The SMILES string of the molecule is Cc1cc(-c2nc(C3CCC(C)CC3)no2)c(N)s1. The van der Waals surface area contributed by atoms with Gasteiger partial charge in [-0.1, -0.05) is 24.9 Å². The molecule has 1 fully saturated rings. The maximum Gasteiger partial charge on any atom is 0.260 e. The summed E-state index contributed by atoms with van der Waals surface area (Å²) in [6, 6.07) is 2.01. The smallest absolute Gasteiger partial charge is 0.260 e. The molecule has 2 aromatic heterocycles. The zero-order chi connectivity index (χ0) is 13.4. The third-order valence-corrected chi connectivity index (χ3v) is 4.82. The molecule has 3 rings (SSSR count). The number of hydrogen-bond donors (Lipinski definition) is 1. The fraction of sp³-hybridized carbons (Fsp3) is 0.571. The van der Waals surface area contributed by atoms with Crippen molar-refractivity contribution in [2.45, 2.75) is 45.4 Å². The van der Waals surface area contributed by atoms with E-state index in [2.05, 4.69) is 17.1 Å². The van der Waals surface area contributed by atoms with E-state index in [9.17, 15) is 0 Å². The van der Waals surface area contributed by atoms with E-state index in [0.717, 1.165) is 35.1 Å². The second-order valence-corrected chi connectivity index (χ2v) is 6.84. The van der Waals surface area contributed by atoms with Crippen molar-refractivity contribution in [1.29, 1.82) is 0 Å². The van der Waals surface area contributed by atoms with Gasteiger partial charge in [0.05, 0.1) is 10.6 Å². The maximum absolute atomic E-state index is 5.97. The lowest BCUT2D eigenvalue weighted by Gasteiger charge is -2.23. The number of nitrogens with two attached hydrogens (primary N) is 1. The van der Waals surface area contributed by atoms with Crippen molar-refractivity contribution in [3.8, 4) is 11.5 Å². The number of anilines is 1. The molecular weight excluding hydrogens is 258 g/mol. The molecular formula is C14H19N3OS. The largest absolute Gasteiger partial charge is 0.390 e. The zero-order valence-electron chi connectivity index (χ0n) is 11.3. The van der Waals surface area contributed by atoms with Crippen molar-refractivity contribution in [2.75, 3.05) is 5.73 Å². The summed E-state index contributed by atoms with van der Waals surface area (Å²) >= 11 is 1.56. The van der Waals surface area contributed by atoms with E-state index in [0.29, 0.717) is 11.8 Å². The first kappa shape index (κ1) is 12.7. The van der Waals surface area contributed by atoms with Gasteiger partial charge in [0.2, 0.25) is 0 Å². The Labute approximate surface area is 117 Å². The van der Waals surface area contributed by atoms with Crippen LogP contribution in [0.4, 0.5) is 5.00 Å². The number of thiophene rings is 1. The third kappa shape index (κ3) is 2.52. The van der Waals surface area contributed by atoms with Crippen LogP contribution in [0.3, 0.4) is 0 Å². The number of hydrogen-bond acceptors (Lipinski definition) is 5. The van der Waals surface area contributed by atoms with Gasteiger partial charge < -0.3 is 10.3 Å². The highest BCUT2D eigenvalue weighted by atomic mass is 32.1. The second kappa shape index (κ2) is 4.96. The predicted molar refractivity (Wildman–Crippen MR) is 77.1 cm³/mol. The van der Waals surface area contributed by atoms with Gasteiger partial charge in [0.25, 0.3) is 5.89 Å². The molecule has 0 bridgehead atoms. The van der Waals surface area contributed by atoms with E-state index in [1.54, 1.807) is 11.3 Å². The molecule has 4 nitrogen and oxygen atoms in total. The fourth-order valence-electron chi connectivity index (χ4n) is 2.73. The van der Waals surface area contributed by atoms with E-state index in [-0.39, 0.29) is 0 Å². The highest BCUT2D eigenvalue weighted by molar-refractivity contribution is 7.16. The minimum Gasteiger partial charge on any atom is -0.390 e. The normalized spacial score (nSPS) is 23.7. The molecule has 1 aliphatic rings. The molecule has 0 spiro atoms. The summed E-state index contributed by atoms with van der Waals surface area (Å²) < 4.78 is 5.39. The Balaban J connectivity index is 1.81. The first-order valence-corrected chi connectivity index (χ1v) is 7.65. The first-order valence-electron chi connectivity index (χ1n) is 6.83. The van der Waals surface area contributed by atoms with Gasteiger partial charge in [-0.15, -0.1) is 11.3 Å². The van der Waals surface area contributed by atoms with E-state index >= 15 is 0 Å². The van der Waals surface area contributed by atoms with Crippen LogP contribution in [0.2, 0.25) is 0 Å². The van der Waals surface area contributed by atoms with Gasteiger partial charge in [-0.2, -0.15) is 4.98 Å². The van der Waals surface area contributed by atoms with Crippen LogP contribution >= 0.6 is 11.3 Å². The molecule has 1 saturated carbocycles. The molecule has 0 aromatic carbocycles. The lowest BCUT2D eigenvalue weighted by atomic mass is 9.83. The van der Waals surface area contributed by atoms with Crippen molar-refractivity contribution < 1.29 is 4.52 Å². The summed E-state index contributed by atoms with van der Waals surface area (Å²) in [7, 11) is 0. The Morgan fingerprint density at radius 2 is 2.05 bits per heavy atom. The van der Waals surface area contributed by atoms with Crippen molar-refractivity contribution >= 4 is 16.3 Å². The summed E-state index contributed by atoms with van der Waals surface area (Å²) in [5.74, 6) is 2.70. The Bertz CT molecular complexity index is 567. The first-order chi connectivity index (χ1) is 9.13. The Hall–Kier alpha value is -1.36. The predicted octanol–water partition coefficient (Wildman–Crippen LogP) is 3.98. The molecule has 0 saturated heterocycles. The molecule has 0 radical (unpaired) electrons. The third-order valence-electron chi connectivity index (χ3n) is 3.94. The molecule has 2 N–H and O–H groups in total. The average Bonchev–Trinajstić information content (AvgIpc) is 2.97. The van der Waals surface area contributed by atoms with Gasteiger partial charge in [0.15, 0.2) is 5.82 Å². The summed E-state index contributed by atoms with van der Waals surface area (Å²) in [5.41, 5.74) is 6.85. The van der Waals surface area contributed by atoms with Crippen LogP contribution in [-0.2, 0) is 0 Å². The molecule has 1 aliphatic carbocycles. The summed E-state index contributed by atoms with van der Waals surface area (Å²) in [6.07, 6.45) is 4.85. The Kier molecular flexibility index (Phi) is 3.31. The number of nitrogens with zero attached hydrogens (tertiary/aromatic N) is 2. The maximum atomic E-state index is 5.97.